The van der Waals surface area contributed by atoms with Crippen molar-refractivity contribution in [2.24, 2.45) is 0 Å². The van der Waals surface area contributed by atoms with Gasteiger partial charge in [-0.1, -0.05) is 6.92 Å². The van der Waals surface area contributed by atoms with Crippen molar-refractivity contribution in [2.45, 2.75) is 40.7 Å². The second-order valence-electron chi connectivity index (χ2n) is 4.56. The zero-order valence-electron chi connectivity index (χ0n) is 12.1. The standard InChI is InChI=1S/C14H21N5/c1-5-9-19-12(7-8-16-19)13-14(15-6-2)18-11(4)10(3)17-13/h7-8H,5-6,9H2,1-4H3,(H,15,18). The molecule has 0 saturated heterocycles. The molecule has 102 valence electrons. The second-order valence-corrected chi connectivity index (χ2v) is 4.56. The molecular formula is C14H21N5. The van der Waals surface area contributed by atoms with Crippen LogP contribution in [0, 0.1) is 13.8 Å². The Morgan fingerprint density at radius 1 is 1.16 bits per heavy atom. The van der Waals surface area contributed by atoms with E-state index < -0.39 is 0 Å². The van der Waals surface area contributed by atoms with Crippen LogP contribution in [0.3, 0.4) is 0 Å². The fourth-order valence-electron chi connectivity index (χ4n) is 2.00. The summed E-state index contributed by atoms with van der Waals surface area (Å²) >= 11 is 0. The predicted octanol–water partition coefficient (Wildman–Crippen LogP) is 2.80. The van der Waals surface area contributed by atoms with Crippen molar-refractivity contribution in [3.05, 3.63) is 23.7 Å². The molecule has 2 aromatic heterocycles. The van der Waals surface area contributed by atoms with Crippen LogP contribution in [0.4, 0.5) is 5.82 Å². The van der Waals surface area contributed by atoms with Gasteiger partial charge in [-0.25, -0.2) is 9.97 Å². The molecular weight excluding hydrogens is 238 g/mol. The van der Waals surface area contributed by atoms with Crippen LogP contribution >= 0.6 is 0 Å². The number of anilines is 1. The number of nitrogens with one attached hydrogen (secondary N) is 1. The maximum atomic E-state index is 4.69. The highest BCUT2D eigenvalue weighted by Gasteiger charge is 2.14. The highest BCUT2D eigenvalue weighted by molar-refractivity contribution is 5.69. The molecule has 2 aromatic rings. The fraction of sp³-hybridized carbons (Fsp3) is 0.500. The average Bonchev–Trinajstić information content (AvgIpc) is 2.82. The third-order valence-corrected chi connectivity index (χ3v) is 3.05. The van der Waals surface area contributed by atoms with E-state index in [1.807, 2.05) is 30.8 Å². The summed E-state index contributed by atoms with van der Waals surface area (Å²) in [6.45, 7) is 9.89. The Hall–Kier alpha value is -1.91. The van der Waals surface area contributed by atoms with Crippen molar-refractivity contribution in [3.63, 3.8) is 0 Å². The maximum Gasteiger partial charge on any atom is 0.154 e. The van der Waals surface area contributed by atoms with Gasteiger partial charge in [0.05, 0.1) is 17.1 Å². The molecule has 0 unspecified atom stereocenters. The average molecular weight is 259 g/mol. The van der Waals surface area contributed by atoms with Gasteiger partial charge >= 0.3 is 0 Å². The number of hydrogen-bond donors (Lipinski definition) is 1. The van der Waals surface area contributed by atoms with Crippen LogP contribution in [0.5, 0.6) is 0 Å². The first-order valence-corrected chi connectivity index (χ1v) is 6.78. The van der Waals surface area contributed by atoms with E-state index in [0.717, 1.165) is 48.1 Å². The maximum absolute atomic E-state index is 4.69. The number of hydrogen-bond acceptors (Lipinski definition) is 4. The molecule has 0 radical (unpaired) electrons. The Bertz CT molecular complexity index is 559. The summed E-state index contributed by atoms with van der Waals surface area (Å²) in [6, 6.07) is 2.00. The molecule has 0 aromatic carbocycles. The summed E-state index contributed by atoms with van der Waals surface area (Å²) in [4.78, 5) is 9.30. The van der Waals surface area contributed by atoms with Crippen molar-refractivity contribution in [2.75, 3.05) is 11.9 Å². The summed E-state index contributed by atoms with van der Waals surface area (Å²) in [5, 5.41) is 7.64. The monoisotopic (exact) mass is 259 g/mol. The van der Waals surface area contributed by atoms with Crippen molar-refractivity contribution >= 4 is 5.82 Å². The highest BCUT2D eigenvalue weighted by Crippen LogP contribution is 2.25. The lowest BCUT2D eigenvalue weighted by atomic mass is 10.2. The SMILES string of the molecule is CCCn1nccc1-c1nc(C)c(C)nc1NCC. The number of aromatic nitrogens is 4. The van der Waals surface area contributed by atoms with Gasteiger partial charge in [0.15, 0.2) is 5.82 Å². The van der Waals surface area contributed by atoms with E-state index in [1.54, 1.807) is 0 Å². The zero-order valence-corrected chi connectivity index (χ0v) is 12.1. The Morgan fingerprint density at radius 3 is 2.58 bits per heavy atom. The Balaban J connectivity index is 2.53. The van der Waals surface area contributed by atoms with E-state index in [9.17, 15) is 0 Å². The first kappa shape index (κ1) is 13.5. The van der Waals surface area contributed by atoms with Gasteiger partial charge in [0, 0.05) is 19.3 Å². The molecule has 0 aliphatic heterocycles. The topological polar surface area (TPSA) is 55.6 Å². The number of aryl methyl sites for hydroxylation is 3. The summed E-state index contributed by atoms with van der Waals surface area (Å²) in [5.74, 6) is 0.837. The van der Waals surface area contributed by atoms with Gasteiger partial charge in [0.1, 0.15) is 5.69 Å². The van der Waals surface area contributed by atoms with E-state index in [0.29, 0.717) is 0 Å². The molecule has 1 N–H and O–H groups in total. The minimum atomic E-state index is 0.825. The largest absolute Gasteiger partial charge is 0.368 e. The Labute approximate surface area is 114 Å². The Kier molecular flexibility index (Phi) is 4.14. The van der Waals surface area contributed by atoms with E-state index in [1.165, 1.54) is 0 Å². The van der Waals surface area contributed by atoms with Crippen molar-refractivity contribution in [1.82, 2.24) is 19.7 Å². The van der Waals surface area contributed by atoms with Crippen LogP contribution in [-0.4, -0.2) is 26.3 Å². The van der Waals surface area contributed by atoms with Gasteiger partial charge in [0.25, 0.3) is 0 Å². The smallest absolute Gasteiger partial charge is 0.154 e. The van der Waals surface area contributed by atoms with Crippen molar-refractivity contribution in [3.8, 4) is 11.4 Å². The molecule has 19 heavy (non-hydrogen) atoms. The van der Waals surface area contributed by atoms with E-state index in [2.05, 4.69) is 29.2 Å². The van der Waals surface area contributed by atoms with Crippen LogP contribution in [0.1, 0.15) is 31.7 Å². The van der Waals surface area contributed by atoms with Crippen molar-refractivity contribution in [1.29, 1.82) is 0 Å². The summed E-state index contributed by atoms with van der Waals surface area (Å²) in [5.41, 5.74) is 3.83. The van der Waals surface area contributed by atoms with Gasteiger partial charge in [-0.15, -0.1) is 0 Å². The summed E-state index contributed by atoms with van der Waals surface area (Å²) in [7, 11) is 0. The van der Waals surface area contributed by atoms with Crippen LogP contribution in [-0.2, 0) is 6.54 Å². The third kappa shape index (κ3) is 2.75. The molecule has 0 aliphatic rings. The lowest BCUT2D eigenvalue weighted by Crippen LogP contribution is -2.09. The van der Waals surface area contributed by atoms with E-state index in [-0.39, 0.29) is 0 Å². The molecule has 2 heterocycles. The van der Waals surface area contributed by atoms with Gasteiger partial charge in [-0.05, 0) is 33.3 Å². The third-order valence-electron chi connectivity index (χ3n) is 3.05. The minimum absolute atomic E-state index is 0.825. The molecule has 5 nitrogen and oxygen atoms in total. The van der Waals surface area contributed by atoms with Crippen molar-refractivity contribution < 1.29 is 0 Å². The molecule has 0 amide bonds. The zero-order chi connectivity index (χ0) is 13.8. The lowest BCUT2D eigenvalue weighted by Gasteiger charge is -2.13. The lowest BCUT2D eigenvalue weighted by molar-refractivity contribution is 0.607. The fourth-order valence-corrected chi connectivity index (χ4v) is 2.00. The van der Waals surface area contributed by atoms with Crippen LogP contribution in [0.2, 0.25) is 0 Å². The second kappa shape index (κ2) is 5.82. The van der Waals surface area contributed by atoms with Crippen LogP contribution in [0.25, 0.3) is 11.4 Å². The molecule has 5 heteroatoms. The summed E-state index contributed by atoms with van der Waals surface area (Å²) in [6.07, 6.45) is 2.86. The van der Waals surface area contributed by atoms with Crippen LogP contribution in [0.15, 0.2) is 12.3 Å². The van der Waals surface area contributed by atoms with Crippen LogP contribution < -0.4 is 5.32 Å². The van der Waals surface area contributed by atoms with Gasteiger partial charge < -0.3 is 5.32 Å². The molecule has 0 aliphatic carbocycles. The predicted molar refractivity (Wildman–Crippen MR) is 77.2 cm³/mol. The molecule has 2 rings (SSSR count). The van der Waals surface area contributed by atoms with E-state index in [4.69, 9.17) is 4.98 Å². The first-order chi connectivity index (χ1) is 9.17. The van der Waals surface area contributed by atoms with Gasteiger partial charge in [-0.3, -0.25) is 4.68 Å². The molecule has 0 atom stereocenters. The van der Waals surface area contributed by atoms with E-state index >= 15 is 0 Å². The Morgan fingerprint density at radius 2 is 1.89 bits per heavy atom. The van der Waals surface area contributed by atoms with Gasteiger partial charge in [0.2, 0.25) is 0 Å². The van der Waals surface area contributed by atoms with Gasteiger partial charge in [-0.2, -0.15) is 5.10 Å². The molecule has 0 spiro atoms. The number of nitrogens with zero attached hydrogens (tertiary/aromatic N) is 4. The summed E-state index contributed by atoms with van der Waals surface area (Å²) < 4.78 is 1.99. The molecule has 0 fully saturated rings. The molecule has 0 saturated carbocycles. The quantitative estimate of drug-likeness (QED) is 0.897. The minimum Gasteiger partial charge on any atom is -0.368 e. The highest BCUT2D eigenvalue weighted by atomic mass is 15.3. The normalized spacial score (nSPS) is 10.7. The number of rotatable bonds is 5. The first-order valence-electron chi connectivity index (χ1n) is 6.78. The molecule has 0 bridgehead atoms.